The minimum Gasteiger partial charge on any atom is -0.368 e. The molecule has 1 amide bonds. The van der Waals surface area contributed by atoms with Gasteiger partial charge in [0.05, 0.1) is 5.54 Å². The number of carbonyl (C=O) groups is 1. The van der Waals surface area contributed by atoms with Gasteiger partial charge in [0.25, 0.3) is 0 Å². The monoisotopic (exact) mass is 250 g/mol. The molecule has 0 radical (unpaired) electrons. The van der Waals surface area contributed by atoms with Crippen molar-refractivity contribution in [2.75, 3.05) is 6.54 Å². The molecule has 0 aromatic carbocycles. The van der Waals surface area contributed by atoms with Gasteiger partial charge in [-0.2, -0.15) is 0 Å². The maximum atomic E-state index is 11.8. The number of fused-ring (bicyclic) bond motifs is 2. The predicted molar refractivity (Wildman–Crippen MR) is 72.0 cm³/mol. The first-order valence-corrected chi connectivity index (χ1v) is 7.69. The van der Waals surface area contributed by atoms with Gasteiger partial charge < -0.3 is 11.1 Å². The molecule has 0 aliphatic heterocycles. The molecule has 18 heavy (non-hydrogen) atoms. The Bertz CT molecular complexity index is 325. The molecule has 0 spiro atoms. The summed E-state index contributed by atoms with van der Waals surface area (Å²) in [6, 6.07) is 0. The molecule has 3 fully saturated rings. The molecule has 3 saturated carbocycles. The van der Waals surface area contributed by atoms with Crippen LogP contribution in [0.1, 0.15) is 64.2 Å². The molecule has 3 rings (SSSR count). The lowest BCUT2D eigenvalue weighted by atomic mass is 9.78. The second-order valence-corrected chi connectivity index (χ2v) is 7.01. The molecule has 0 aromatic rings. The first kappa shape index (κ1) is 12.5. The van der Waals surface area contributed by atoms with E-state index in [4.69, 9.17) is 5.73 Å². The van der Waals surface area contributed by atoms with Crippen LogP contribution < -0.4 is 11.1 Å². The zero-order valence-corrected chi connectivity index (χ0v) is 11.3. The summed E-state index contributed by atoms with van der Waals surface area (Å²) in [4.78, 5) is 11.8. The smallest absolute Gasteiger partial charge is 0.237 e. The number of amides is 1. The molecule has 0 unspecified atom stereocenters. The third-order valence-electron chi connectivity index (χ3n) is 5.87. The average Bonchev–Trinajstić information content (AvgIpc) is 2.98. The molecule has 0 saturated heterocycles. The van der Waals surface area contributed by atoms with Crippen molar-refractivity contribution in [2.24, 2.45) is 17.1 Å². The van der Waals surface area contributed by atoms with Crippen molar-refractivity contribution in [2.45, 2.75) is 69.7 Å². The van der Waals surface area contributed by atoms with Gasteiger partial charge in [-0.15, -0.1) is 0 Å². The normalized spacial score (nSPS) is 37.9. The van der Waals surface area contributed by atoms with E-state index in [9.17, 15) is 4.79 Å². The number of carbonyl (C=O) groups excluding carboxylic acids is 1. The summed E-state index contributed by atoms with van der Waals surface area (Å²) in [7, 11) is 0. The molecular weight excluding hydrogens is 224 g/mol. The van der Waals surface area contributed by atoms with Crippen LogP contribution in [-0.2, 0) is 4.79 Å². The highest BCUT2D eigenvalue weighted by Crippen LogP contribution is 2.53. The SMILES string of the molecule is NC(=O)C1(NCC23CCC(CC2)C3)CCCCC1. The zero-order chi connectivity index (χ0) is 12.6. The molecular formula is C15H26N2O. The number of primary amides is 1. The molecule has 3 nitrogen and oxygen atoms in total. The second-order valence-electron chi connectivity index (χ2n) is 7.01. The van der Waals surface area contributed by atoms with E-state index in [2.05, 4.69) is 5.32 Å². The molecule has 3 N–H and O–H groups in total. The lowest BCUT2D eigenvalue weighted by molar-refractivity contribution is -0.126. The van der Waals surface area contributed by atoms with Crippen LogP contribution in [0.25, 0.3) is 0 Å². The number of hydrogen-bond acceptors (Lipinski definition) is 2. The maximum Gasteiger partial charge on any atom is 0.237 e. The predicted octanol–water partition coefficient (Wildman–Crippen LogP) is 2.34. The Labute approximate surface area is 110 Å². The summed E-state index contributed by atoms with van der Waals surface area (Å²) in [5.74, 6) is 0.855. The summed E-state index contributed by atoms with van der Waals surface area (Å²) < 4.78 is 0. The largest absolute Gasteiger partial charge is 0.368 e. The van der Waals surface area contributed by atoms with E-state index in [0.717, 1.165) is 38.1 Å². The fourth-order valence-corrected chi connectivity index (χ4v) is 4.58. The first-order chi connectivity index (χ1) is 8.64. The van der Waals surface area contributed by atoms with E-state index in [0.29, 0.717) is 5.41 Å². The molecule has 102 valence electrons. The average molecular weight is 250 g/mol. The van der Waals surface area contributed by atoms with E-state index >= 15 is 0 Å². The van der Waals surface area contributed by atoms with Gasteiger partial charge in [-0.05, 0) is 56.3 Å². The van der Waals surface area contributed by atoms with Gasteiger partial charge in [0.2, 0.25) is 5.91 Å². The lowest BCUT2D eigenvalue weighted by Crippen LogP contribution is -2.58. The molecule has 2 bridgehead atoms. The van der Waals surface area contributed by atoms with Crippen molar-refractivity contribution in [1.82, 2.24) is 5.32 Å². The Morgan fingerprint density at radius 3 is 2.28 bits per heavy atom. The number of nitrogens with two attached hydrogens (primary N) is 1. The van der Waals surface area contributed by atoms with Crippen molar-refractivity contribution in [3.8, 4) is 0 Å². The van der Waals surface area contributed by atoms with Crippen LogP contribution in [-0.4, -0.2) is 18.0 Å². The Kier molecular flexibility index (Phi) is 3.13. The minimum atomic E-state index is -0.381. The lowest BCUT2D eigenvalue weighted by Gasteiger charge is -2.39. The van der Waals surface area contributed by atoms with Crippen molar-refractivity contribution >= 4 is 5.91 Å². The first-order valence-electron chi connectivity index (χ1n) is 7.69. The van der Waals surface area contributed by atoms with Crippen LogP contribution in [0.5, 0.6) is 0 Å². The highest BCUT2D eigenvalue weighted by molar-refractivity contribution is 5.84. The van der Waals surface area contributed by atoms with Crippen LogP contribution >= 0.6 is 0 Å². The van der Waals surface area contributed by atoms with E-state index in [1.165, 1.54) is 38.5 Å². The quantitative estimate of drug-likeness (QED) is 0.804. The maximum absolute atomic E-state index is 11.8. The second kappa shape index (κ2) is 4.52. The summed E-state index contributed by atoms with van der Waals surface area (Å²) in [6.45, 7) is 1.02. The molecule has 0 atom stereocenters. The van der Waals surface area contributed by atoms with Crippen LogP contribution in [0.2, 0.25) is 0 Å². The van der Waals surface area contributed by atoms with E-state index in [1.807, 2.05) is 0 Å². The van der Waals surface area contributed by atoms with Crippen LogP contribution in [0.4, 0.5) is 0 Å². The Balaban J connectivity index is 1.64. The summed E-state index contributed by atoms with van der Waals surface area (Å²) in [5, 5.41) is 3.62. The van der Waals surface area contributed by atoms with Crippen molar-refractivity contribution < 1.29 is 4.79 Å². The highest BCUT2D eigenvalue weighted by atomic mass is 16.1. The summed E-state index contributed by atoms with van der Waals surface area (Å²) >= 11 is 0. The van der Waals surface area contributed by atoms with Gasteiger partial charge in [0.1, 0.15) is 0 Å². The third kappa shape index (κ3) is 2.07. The molecule has 3 heteroatoms. The summed E-state index contributed by atoms with van der Waals surface area (Å²) in [5.41, 5.74) is 5.80. The number of rotatable bonds is 4. The van der Waals surface area contributed by atoms with E-state index in [1.54, 1.807) is 0 Å². The van der Waals surface area contributed by atoms with Gasteiger partial charge in [-0.3, -0.25) is 4.79 Å². The van der Waals surface area contributed by atoms with Crippen LogP contribution in [0.3, 0.4) is 0 Å². The molecule has 0 heterocycles. The molecule has 3 aliphatic carbocycles. The van der Waals surface area contributed by atoms with Gasteiger partial charge in [-0.1, -0.05) is 19.3 Å². The number of nitrogens with one attached hydrogen (secondary N) is 1. The zero-order valence-electron chi connectivity index (χ0n) is 11.3. The van der Waals surface area contributed by atoms with Gasteiger partial charge >= 0.3 is 0 Å². The number of hydrogen-bond donors (Lipinski definition) is 2. The van der Waals surface area contributed by atoms with Crippen molar-refractivity contribution in [1.29, 1.82) is 0 Å². The fraction of sp³-hybridized carbons (Fsp3) is 0.933. The summed E-state index contributed by atoms with van der Waals surface area (Å²) in [6.07, 6.45) is 12.4. The molecule has 3 aliphatic rings. The highest BCUT2D eigenvalue weighted by Gasteiger charge is 2.46. The Morgan fingerprint density at radius 2 is 1.78 bits per heavy atom. The minimum absolute atomic E-state index is 0.119. The van der Waals surface area contributed by atoms with Gasteiger partial charge in [0.15, 0.2) is 0 Å². The van der Waals surface area contributed by atoms with Crippen LogP contribution in [0, 0.1) is 11.3 Å². The van der Waals surface area contributed by atoms with Gasteiger partial charge in [0, 0.05) is 6.54 Å². The van der Waals surface area contributed by atoms with E-state index < -0.39 is 0 Å². The fourth-order valence-electron chi connectivity index (χ4n) is 4.58. The van der Waals surface area contributed by atoms with Crippen molar-refractivity contribution in [3.05, 3.63) is 0 Å². The Morgan fingerprint density at radius 1 is 1.11 bits per heavy atom. The van der Waals surface area contributed by atoms with Gasteiger partial charge in [-0.25, -0.2) is 0 Å². The molecule has 0 aromatic heterocycles. The van der Waals surface area contributed by atoms with E-state index in [-0.39, 0.29) is 11.4 Å². The Hall–Kier alpha value is -0.570. The van der Waals surface area contributed by atoms with Crippen LogP contribution in [0.15, 0.2) is 0 Å². The standard InChI is InChI=1S/C15H26N2O/c16-13(18)15(6-2-1-3-7-15)17-11-14-8-4-12(10-14)5-9-14/h12,17H,1-11H2,(H2,16,18). The topological polar surface area (TPSA) is 55.1 Å². The van der Waals surface area contributed by atoms with Crippen molar-refractivity contribution in [3.63, 3.8) is 0 Å². The third-order valence-corrected chi connectivity index (χ3v) is 5.87.